The number of thiazole rings is 1. The summed E-state index contributed by atoms with van der Waals surface area (Å²) < 4.78 is 0. The molecule has 0 radical (unpaired) electrons. The molecule has 1 aliphatic carbocycles. The third-order valence-corrected chi connectivity index (χ3v) is 4.44. The lowest BCUT2D eigenvalue weighted by Gasteiger charge is -2.18. The zero-order valence-electron chi connectivity index (χ0n) is 9.73. The van der Waals surface area contributed by atoms with E-state index in [9.17, 15) is 9.59 Å². The first kappa shape index (κ1) is 12.2. The Morgan fingerprint density at radius 2 is 1.94 bits per heavy atom. The second-order valence-corrected chi connectivity index (χ2v) is 5.46. The van der Waals surface area contributed by atoms with Crippen LogP contribution in [0.5, 0.6) is 0 Å². The standard InChI is InChI=1S/C12H15NO3S/c1-7(14)10-9(12(15)16)13-11(17-10)8-5-3-2-4-6-8/h8H,2-6H2,1H3,(H,15,16). The molecule has 4 nitrogen and oxygen atoms in total. The molecule has 0 aliphatic heterocycles. The minimum absolute atomic E-state index is 0.0666. The second-order valence-electron chi connectivity index (χ2n) is 4.43. The molecule has 92 valence electrons. The molecule has 5 heteroatoms. The number of ketones is 1. The third kappa shape index (κ3) is 2.54. The van der Waals surface area contributed by atoms with Crippen molar-refractivity contribution in [2.24, 2.45) is 0 Å². The van der Waals surface area contributed by atoms with E-state index >= 15 is 0 Å². The molecule has 0 atom stereocenters. The van der Waals surface area contributed by atoms with Gasteiger partial charge in [0.05, 0.1) is 5.01 Å². The molecule has 0 unspecified atom stereocenters. The molecule has 1 aromatic rings. The van der Waals surface area contributed by atoms with Crippen molar-refractivity contribution in [1.82, 2.24) is 4.98 Å². The van der Waals surface area contributed by atoms with Gasteiger partial charge in [0.1, 0.15) is 4.88 Å². The highest BCUT2D eigenvalue weighted by molar-refractivity contribution is 7.14. The lowest BCUT2D eigenvalue weighted by Crippen LogP contribution is -2.06. The third-order valence-electron chi connectivity index (χ3n) is 3.12. The largest absolute Gasteiger partial charge is 0.476 e. The van der Waals surface area contributed by atoms with E-state index in [0.29, 0.717) is 5.92 Å². The maximum Gasteiger partial charge on any atom is 0.356 e. The number of hydrogen-bond donors (Lipinski definition) is 1. The highest BCUT2D eigenvalue weighted by Crippen LogP contribution is 2.36. The average Bonchev–Trinajstić information content (AvgIpc) is 2.75. The first-order chi connectivity index (χ1) is 8.09. The summed E-state index contributed by atoms with van der Waals surface area (Å²) in [6, 6.07) is 0. The Balaban J connectivity index is 2.32. The van der Waals surface area contributed by atoms with Crippen molar-refractivity contribution in [3.63, 3.8) is 0 Å². The number of Topliss-reactive ketones (excluding diaryl/α,β-unsaturated/α-hetero) is 1. The van der Waals surface area contributed by atoms with Crippen molar-refractivity contribution in [1.29, 1.82) is 0 Å². The Morgan fingerprint density at radius 3 is 2.41 bits per heavy atom. The van der Waals surface area contributed by atoms with E-state index in [-0.39, 0.29) is 16.4 Å². The summed E-state index contributed by atoms with van der Waals surface area (Å²) in [6.45, 7) is 1.39. The first-order valence-electron chi connectivity index (χ1n) is 5.84. The van der Waals surface area contributed by atoms with Gasteiger partial charge in [0.2, 0.25) is 0 Å². The Labute approximate surface area is 104 Å². The minimum atomic E-state index is -1.10. The molecule has 17 heavy (non-hydrogen) atoms. The smallest absolute Gasteiger partial charge is 0.356 e. The van der Waals surface area contributed by atoms with Gasteiger partial charge in [-0.15, -0.1) is 11.3 Å². The molecule has 1 heterocycles. The first-order valence-corrected chi connectivity index (χ1v) is 6.66. The molecule has 1 aromatic heterocycles. The highest BCUT2D eigenvalue weighted by atomic mass is 32.1. The molecule has 2 rings (SSSR count). The van der Waals surface area contributed by atoms with Crippen molar-refractivity contribution in [3.05, 3.63) is 15.6 Å². The van der Waals surface area contributed by atoms with E-state index in [0.717, 1.165) is 17.8 Å². The SMILES string of the molecule is CC(=O)c1sc(C2CCCCC2)nc1C(=O)O. The van der Waals surface area contributed by atoms with Gasteiger partial charge in [-0.1, -0.05) is 19.3 Å². The minimum Gasteiger partial charge on any atom is -0.476 e. The van der Waals surface area contributed by atoms with E-state index in [2.05, 4.69) is 4.98 Å². The quantitative estimate of drug-likeness (QED) is 0.840. The summed E-state index contributed by atoms with van der Waals surface area (Å²) >= 11 is 1.26. The molecule has 1 fully saturated rings. The van der Waals surface area contributed by atoms with E-state index in [1.165, 1.54) is 37.5 Å². The number of aromatic carboxylic acids is 1. The second kappa shape index (κ2) is 4.96. The van der Waals surface area contributed by atoms with Crippen LogP contribution in [0.3, 0.4) is 0 Å². The van der Waals surface area contributed by atoms with Crippen molar-refractivity contribution in [2.75, 3.05) is 0 Å². The van der Waals surface area contributed by atoms with Gasteiger partial charge in [-0.3, -0.25) is 4.79 Å². The fourth-order valence-electron chi connectivity index (χ4n) is 2.24. The number of carboxylic acid groups (broad SMARTS) is 1. The lowest BCUT2D eigenvalue weighted by atomic mass is 9.90. The van der Waals surface area contributed by atoms with Crippen LogP contribution in [0.4, 0.5) is 0 Å². The summed E-state index contributed by atoms with van der Waals surface area (Å²) in [6.07, 6.45) is 5.70. The Hall–Kier alpha value is -1.23. The molecule has 0 bridgehead atoms. The molecule has 0 amide bonds. The molecule has 1 aliphatic rings. The van der Waals surface area contributed by atoms with E-state index in [1.54, 1.807) is 0 Å². The predicted octanol–water partition coefficient (Wildman–Crippen LogP) is 3.09. The van der Waals surface area contributed by atoms with Crippen LogP contribution in [0.1, 0.15) is 70.1 Å². The molecule has 1 saturated carbocycles. The average molecular weight is 253 g/mol. The van der Waals surface area contributed by atoms with Gasteiger partial charge in [-0.2, -0.15) is 0 Å². The van der Waals surface area contributed by atoms with Gasteiger partial charge in [-0.05, 0) is 12.8 Å². The van der Waals surface area contributed by atoms with Gasteiger partial charge in [0, 0.05) is 12.8 Å². The summed E-state index contributed by atoms with van der Waals surface area (Å²) in [4.78, 5) is 26.8. The summed E-state index contributed by atoms with van der Waals surface area (Å²) in [7, 11) is 0. The van der Waals surface area contributed by atoms with Crippen molar-refractivity contribution in [3.8, 4) is 0 Å². The van der Waals surface area contributed by atoms with Crippen LogP contribution in [0.15, 0.2) is 0 Å². The predicted molar refractivity (Wildman–Crippen MR) is 64.9 cm³/mol. The number of nitrogens with zero attached hydrogens (tertiary/aromatic N) is 1. The van der Waals surface area contributed by atoms with Crippen molar-refractivity contribution >= 4 is 23.1 Å². The maximum atomic E-state index is 11.4. The number of carboxylic acids is 1. The Kier molecular flexibility index (Phi) is 3.57. The fourth-order valence-corrected chi connectivity index (χ4v) is 3.37. The van der Waals surface area contributed by atoms with E-state index < -0.39 is 5.97 Å². The van der Waals surface area contributed by atoms with Crippen molar-refractivity contribution in [2.45, 2.75) is 44.9 Å². The van der Waals surface area contributed by atoms with Crippen LogP contribution >= 0.6 is 11.3 Å². The van der Waals surface area contributed by atoms with Crippen LogP contribution in [-0.4, -0.2) is 21.8 Å². The number of carbonyl (C=O) groups excluding carboxylic acids is 1. The lowest BCUT2D eigenvalue weighted by molar-refractivity contribution is 0.0686. The fraction of sp³-hybridized carbons (Fsp3) is 0.583. The van der Waals surface area contributed by atoms with Crippen LogP contribution < -0.4 is 0 Å². The molecule has 0 aromatic carbocycles. The van der Waals surface area contributed by atoms with Gasteiger partial charge < -0.3 is 5.11 Å². The van der Waals surface area contributed by atoms with Crippen LogP contribution in [-0.2, 0) is 0 Å². The summed E-state index contributed by atoms with van der Waals surface area (Å²) in [5.74, 6) is -0.963. The molecule has 1 N–H and O–H groups in total. The van der Waals surface area contributed by atoms with Crippen molar-refractivity contribution < 1.29 is 14.7 Å². The summed E-state index contributed by atoms with van der Waals surface area (Å²) in [5, 5.41) is 9.84. The van der Waals surface area contributed by atoms with E-state index in [1.807, 2.05) is 0 Å². The van der Waals surface area contributed by atoms with Gasteiger partial charge in [-0.25, -0.2) is 9.78 Å². The number of hydrogen-bond acceptors (Lipinski definition) is 4. The molecular weight excluding hydrogens is 238 g/mol. The monoisotopic (exact) mass is 253 g/mol. The van der Waals surface area contributed by atoms with E-state index in [4.69, 9.17) is 5.11 Å². The van der Waals surface area contributed by atoms with Crippen LogP contribution in [0.2, 0.25) is 0 Å². The Bertz CT molecular complexity index is 415. The number of aromatic nitrogens is 1. The number of carbonyl (C=O) groups is 2. The molecule has 0 spiro atoms. The van der Waals surface area contributed by atoms with Crippen LogP contribution in [0.25, 0.3) is 0 Å². The highest BCUT2D eigenvalue weighted by Gasteiger charge is 2.25. The van der Waals surface area contributed by atoms with Gasteiger partial charge in [0.15, 0.2) is 11.5 Å². The summed E-state index contributed by atoms with van der Waals surface area (Å²) in [5.41, 5.74) is -0.0666. The van der Waals surface area contributed by atoms with Crippen LogP contribution in [0, 0.1) is 0 Å². The normalized spacial score (nSPS) is 17.0. The zero-order chi connectivity index (χ0) is 12.4. The molecule has 0 saturated heterocycles. The maximum absolute atomic E-state index is 11.4. The Morgan fingerprint density at radius 1 is 1.29 bits per heavy atom. The number of rotatable bonds is 3. The van der Waals surface area contributed by atoms with Gasteiger partial charge >= 0.3 is 5.97 Å². The van der Waals surface area contributed by atoms with Gasteiger partial charge in [0.25, 0.3) is 0 Å². The molecular formula is C12H15NO3S. The topological polar surface area (TPSA) is 67.3 Å². The zero-order valence-corrected chi connectivity index (χ0v) is 10.5.